The van der Waals surface area contributed by atoms with Gasteiger partial charge in [0.25, 0.3) is 0 Å². The number of imidazole rings is 1. The summed E-state index contributed by atoms with van der Waals surface area (Å²) in [5.41, 5.74) is 0.509. The molecular formula is C13H16FN3O2. The maximum atomic E-state index is 13.0. The molecule has 0 saturated carbocycles. The van der Waals surface area contributed by atoms with Gasteiger partial charge in [0.2, 0.25) is 5.91 Å². The molecule has 0 spiro atoms. The highest BCUT2D eigenvalue weighted by Crippen LogP contribution is 2.11. The number of nitrogens with one attached hydrogen (secondary N) is 2. The molecule has 2 rings (SSSR count). The topological polar surface area (TPSA) is 66.9 Å². The Morgan fingerprint density at radius 1 is 1.47 bits per heavy atom. The highest BCUT2D eigenvalue weighted by molar-refractivity contribution is 5.80. The number of unbranched alkanes of at least 4 members (excludes halogenated alkanes) is 1. The second-order valence-corrected chi connectivity index (χ2v) is 4.38. The van der Waals surface area contributed by atoms with Crippen molar-refractivity contribution in [3.05, 3.63) is 34.5 Å². The number of hydrogen-bond donors (Lipinski definition) is 2. The molecule has 0 aliphatic carbocycles. The molecule has 0 fully saturated rings. The first-order valence-corrected chi connectivity index (χ1v) is 6.26. The summed E-state index contributed by atoms with van der Waals surface area (Å²) in [6.45, 7) is 2.57. The zero-order chi connectivity index (χ0) is 13.8. The van der Waals surface area contributed by atoms with E-state index >= 15 is 0 Å². The zero-order valence-corrected chi connectivity index (χ0v) is 10.7. The maximum Gasteiger partial charge on any atom is 0.326 e. The number of H-pyrrole nitrogens is 1. The van der Waals surface area contributed by atoms with Crippen LogP contribution in [0.4, 0.5) is 4.39 Å². The van der Waals surface area contributed by atoms with Crippen LogP contribution < -0.4 is 11.0 Å². The van der Waals surface area contributed by atoms with Gasteiger partial charge in [0.1, 0.15) is 12.4 Å². The van der Waals surface area contributed by atoms with Crippen molar-refractivity contribution >= 4 is 16.9 Å². The van der Waals surface area contributed by atoms with Crippen LogP contribution in [0.25, 0.3) is 11.0 Å². The third-order valence-electron chi connectivity index (χ3n) is 2.89. The zero-order valence-electron chi connectivity index (χ0n) is 10.7. The number of carbonyl (C=O) groups is 1. The average Bonchev–Trinajstić information content (AvgIpc) is 2.65. The fourth-order valence-electron chi connectivity index (χ4n) is 1.90. The lowest BCUT2D eigenvalue weighted by atomic mass is 10.3. The SMILES string of the molecule is CCCCNC(=O)Cn1c(=O)[nH]c2cc(F)ccc21. The largest absolute Gasteiger partial charge is 0.355 e. The summed E-state index contributed by atoms with van der Waals surface area (Å²) in [4.78, 5) is 25.9. The minimum Gasteiger partial charge on any atom is -0.355 e. The number of aromatic nitrogens is 2. The Morgan fingerprint density at radius 2 is 2.26 bits per heavy atom. The summed E-state index contributed by atoms with van der Waals surface area (Å²) in [5, 5.41) is 2.74. The van der Waals surface area contributed by atoms with E-state index in [-0.39, 0.29) is 12.5 Å². The predicted octanol–water partition coefficient (Wildman–Crippen LogP) is 1.39. The minimum atomic E-state index is -0.423. The highest BCUT2D eigenvalue weighted by atomic mass is 19.1. The Morgan fingerprint density at radius 3 is 3.00 bits per heavy atom. The summed E-state index contributed by atoms with van der Waals surface area (Å²) in [6, 6.07) is 3.99. The molecular weight excluding hydrogens is 249 g/mol. The summed E-state index contributed by atoms with van der Waals surface area (Å²) < 4.78 is 14.3. The van der Waals surface area contributed by atoms with Gasteiger partial charge in [-0.05, 0) is 24.6 Å². The third kappa shape index (κ3) is 3.01. The second-order valence-electron chi connectivity index (χ2n) is 4.38. The molecule has 102 valence electrons. The molecule has 1 heterocycles. The minimum absolute atomic E-state index is 0.0613. The first kappa shape index (κ1) is 13.3. The van der Waals surface area contributed by atoms with Gasteiger partial charge < -0.3 is 10.3 Å². The van der Waals surface area contributed by atoms with Crippen LogP contribution in [0.2, 0.25) is 0 Å². The van der Waals surface area contributed by atoms with E-state index in [9.17, 15) is 14.0 Å². The van der Waals surface area contributed by atoms with Crippen molar-refractivity contribution in [2.24, 2.45) is 0 Å². The Kier molecular flexibility index (Phi) is 3.99. The van der Waals surface area contributed by atoms with Crippen molar-refractivity contribution in [2.45, 2.75) is 26.3 Å². The van der Waals surface area contributed by atoms with Crippen LogP contribution in [0.3, 0.4) is 0 Å². The van der Waals surface area contributed by atoms with E-state index in [0.717, 1.165) is 12.8 Å². The number of benzene rings is 1. The molecule has 0 saturated heterocycles. The van der Waals surface area contributed by atoms with Crippen LogP contribution in [0.15, 0.2) is 23.0 Å². The van der Waals surface area contributed by atoms with Gasteiger partial charge in [0, 0.05) is 6.54 Å². The molecule has 2 aromatic rings. The highest BCUT2D eigenvalue weighted by Gasteiger charge is 2.10. The Bertz CT molecular complexity index is 645. The van der Waals surface area contributed by atoms with Gasteiger partial charge in [-0.2, -0.15) is 0 Å². The van der Waals surface area contributed by atoms with Crippen LogP contribution in [-0.2, 0) is 11.3 Å². The number of halogens is 1. The number of nitrogens with zero attached hydrogens (tertiary/aromatic N) is 1. The van der Waals surface area contributed by atoms with E-state index in [2.05, 4.69) is 10.3 Å². The van der Waals surface area contributed by atoms with Crippen LogP contribution in [0.1, 0.15) is 19.8 Å². The lowest BCUT2D eigenvalue weighted by molar-refractivity contribution is -0.121. The van der Waals surface area contributed by atoms with Crippen LogP contribution in [0.5, 0.6) is 0 Å². The second kappa shape index (κ2) is 5.69. The van der Waals surface area contributed by atoms with Gasteiger partial charge in [-0.3, -0.25) is 9.36 Å². The fraction of sp³-hybridized carbons (Fsp3) is 0.385. The van der Waals surface area contributed by atoms with Crippen LogP contribution >= 0.6 is 0 Å². The van der Waals surface area contributed by atoms with E-state index in [0.29, 0.717) is 17.6 Å². The van der Waals surface area contributed by atoms with E-state index in [4.69, 9.17) is 0 Å². The van der Waals surface area contributed by atoms with Gasteiger partial charge in [-0.1, -0.05) is 13.3 Å². The summed E-state index contributed by atoms with van der Waals surface area (Å²) in [5.74, 6) is -0.644. The maximum absolute atomic E-state index is 13.0. The molecule has 1 aromatic carbocycles. The number of rotatable bonds is 5. The molecule has 2 N–H and O–H groups in total. The quantitative estimate of drug-likeness (QED) is 0.802. The van der Waals surface area contributed by atoms with Crippen molar-refractivity contribution in [2.75, 3.05) is 6.54 Å². The van der Waals surface area contributed by atoms with Crippen LogP contribution in [-0.4, -0.2) is 22.0 Å². The summed E-state index contributed by atoms with van der Waals surface area (Å²) in [6.07, 6.45) is 1.90. The standard InChI is InChI=1S/C13H16FN3O2/c1-2-3-6-15-12(18)8-17-11-5-4-9(14)7-10(11)16-13(17)19/h4-5,7H,2-3,6,8H2,1H3,(H,15,18)(H,16,19). The number of fused-ring (bicyclic) bond motifs is 1. The van der Waals surface area contributed by atoms with Crippen molar-refractivity contribution in [3.8, 4) is 0 Å². The lowest BCUT2D eigenvalue weighted by Crippen LogP contribution is -2.31. The Balaban J connectivity index is 2.18. The molecule has 19 heavy (non-hydrogen) atoms. The smallest absolute Gasteiger partial charge is 0.326 e. The van der Waals surface area contributed by atoms with E-state index in [1.54, 1.807) is 0 Å². The molecule has 0 bridgehead atoms. The van der Waals surface area contributed by atoms with Crippen molar-refractivity contribution in [1.29, 1.82) is 0 Å². The van der Waals surface area contributed by atoms with Gasteiger partial charge in [-0.15, -0.1) is 0 Å². The predicted molar refractivity (Wildman–Crippen MR) is 70.4 cm³/mol. The van der Waals surface area contributed by atoms with Crippen molar-refractivity contribution < 1.29 is 9.18 Å². The number of amides is 1. The Hall–Kier alpha value is -2.11. The van der Waals surface area contributed by atoms with Gasteiger partial charge in [-0.25, -0.2) is 9.18 Å². The molecule has 0 atom stereocenters. The molecule has 1 aromatic heterocycles. The lowest BCUT2D eigenvalue weighted by Gasteiger charge is -2.05. The van der Waals surface area contributed by atoms with E-state index in [1.165, 1.54) is 22.8 Å². The first-order chi connectivity index (χ1) is 9.11. The normalized spacial score (nSPS) is 10.8. The molecule has 6 heteroatoms. The number of aromatic amines is 1. The van der Waals surface area contributed by atoms with E-state index in [1.807, 2.05) is 6.92 Å². The number of carbonyl (C=O) groups excluding carboxylic acids is 1. The van der Waals surface area contributed by atoms with Crippen LogP contribution in [0, 0.1) is 5.82 Å². The molecule has 1 amide bonds. The molecule has 0 unspecified atom stereocenters. The van der Waals surface area contributed by atoms with E-state index < -0.39 is 11.5 Å². The molecule has 5 nitrogen and oxygen atoms in total. The van der Waals surface area contributed by atoms with Gasteiger partial charge in [0.15, 0.2) is 0 Å². The van der Waals surface area contributed by atoms with Gasteiger partial charge in [0.05, 0.1) is 11.0 Å². The van der Waals surface area contributed by atoms with Crippen molar-refractivity contribution in [3.63, 3.8) is 0 Å². The monoisotopic (exact) mass is 265 g/mol. The molecule has 0 aliphatic heterocycles. The summed E-state index contributed by atoms with van der Waals surface area (Å²) in [7, 11) is 0. The fourth-order valence-corrected chi connectivity index (χ4v) is 1.90. The molecule has 0 radical (unpaired) electrons. The average molecular weight is 265 g/mol. The molecule has 0 aliphatic rings. The number of hydrogen-bond acceptors (Lipinski definition) is 2. The van der Waals surface area contributed by atoms with Crippen molar-refractivity contribution in [1.82, 2.24) is 14.9 Å². The summed E-state index contributed by atoms with van der Waals surface area (Å²) >= 11 is 0. The van der Waals surface area contributed by atoms with Gasteiger partial charge >= 0.3 is 5.69 Å². The third-order valence-corrected chi connectivity index (χ3v) is 2.89. The Labute approximate surface area is 109 Å². The first-order valence-electron chi connectivity index (χ1n) is 6.26.